The van der Waals surface area contributed by atoms with E-state index in [1.54, 1.807) is 18.2 Å². The Hall–Kier alpha value is -3.08. The molecule has 1 aromatic heterocycles. The third kappa shape index (κ3) is 2.36. The maximum atomic E-state index is 7.49. The summed E-state index contributed by atoms with van der Waals surface area (Å²) in [6.45, 7) is 0. The Morgan fingerprint density at radius 1 is 0.857 bits per heavy atom. The Balaban J connectivity index is 2.10. The standard InChI is InChI=1S/C16H14N4O/c17-15(18)11-3-1-2-9(6-11)13-7-10-4-5-12(16(19)20)8-14(10)21-13/h1-8H,(H3,17,18)(H3,19,20). The second kappa shape index (κ2) is 4.79. The quantitative estimate of drug-likeness (QED) is 0.436. The van der Waals surface area contributed by atoms with Crippen molar-refractivity contribution in [2.75, 3.05) is 0 Å². The van der Waals surface area contributed by atoms with E-state index in [0.717, 1.165) is 10.9 Å². The van der Waals surface area contributed by atoms with Gasteiger partial charge in [-0.15, -0.1) is 0 Å². The van der Waals surface area contributed by atoms with Crippen LogP contribution < -0.4 is 11.5 Å². The Labute approximate surface area is 121 Å². The summed E-state index contributed by atoms with van der Waals surface area (Å²) in [5, 5.41) is 15.9. The highest BCUT2D eigenvalue weighted by Gasteiger charge is 2.09. The van der Waals surface area contributed by atoms with Gasteiger partial charge in [0, 0.05) is 22.1 Å². The minimum Gasteiger partial charge on any atom is -0.456 e. The monoisotopic (exact) mass is 278 g/mol. The van der Waals surface area contributed by atoms with Gasteiger partial charge in [0.05, 0.1) is 0 Å². The van der Waals surface area contributed by atoms with Gasteiger partial charge in [0.25, 0.3) is 0 Å². The number of nitrogen functional groups attached to an aromatic ring is 2. The summed E-state index contributed by atoms with van der Waals surface area (Å²) in [6, 6.07) is 14.6. The molecule has 3 aromatic rings. The van der Waals surface area contributed by atoms with Crippen molar-refractivity contribution in [2.45, 2.75) is 0 Å². The van der Waals surface area contributed by atoms with Crippen LogP contribution in [0.25, 0.3) is 22.3 Å². The first-order valence-electron chi connectivity index (χ1n) is 6.37. The van der Waals surface area contributed by atoms with Crippen LogP contribution in [0.5, 0.6) is 0 Å². The lowest BCUT2D eigenvalue weighted by Crippen LogP contribution is -2.10. The van der Waals surface area contributed by atoms with Crippen molar-refractivity contribution in [1.29, 1.82) is 10.8 Å². The van der Waals surface area contributed by atoms with Crippen LogP contribution in [-0.2, 0) is 0 Å². The molecule has 0 amide bonds. The number of nitrogens with one attached hydrogen (secondary N) is 2. The first-order valence-corrected chi connectivity index (χ1v) is 6.37. The van der Waals surface area contributed by atoms with Crippen LogP contribution in [0, 0.1) is 10.8 Å². The summed E-state index contributed by atoms with van der Waals surface area (Å²) in [4.78, 5) is 0. The highest BCUT2D eigenvalue weighted by atomic mass is 16.3. The molecule has 104 valence electrons. The lowest BCUT2D eigenvalue weighted by molar-refractivity contribution is 0.631. The van der Waals surface area contributed by atoms with Crippen molar-refractivity contribution in [3.63, 3.8) is 0 Å². The number of nitrogens with two attached hydrogens (primary N) is 2. The van der Waals surface area contributed by atoms with Crippen molar-refractivity contribution >= 4 is 22.6 Å². The second-order valence-corrected chi connectivity index (χ2v) is 4.77. The van der Waals surface area contributed by atoms with Gasteiger partial charge in [-0.1, -0.05) is 30.3 Å². The van der Waals surface area contributed by atoms with Crippen molar-refractivity contribution in [1.82, 2.24) is 0 Å². The molecule has 0 bridgehead atoms. The fourth-order valence-electron chi connectivity index (χ4n) is 2.18. The molecule has 0 aliphatic rings. The maximum Gasteiger partial charge on any atom is 0.135 e. The van der Waals surface area contributed by atoms with Gasteiger partial charge in [-0.2, -0.15) is 0 Å². The highest BCUT2D eigenvalue weighted by Crippen LogP contribution is 2.28. The van der Waals surface area contributed by atoms with Gasteiger partial charge < -0.3 is 15.9 Å². The van der Waals surface area contributed by atoms with Crippen molar-refractivity contribution in [2.24, 2.45) is 11.5 Å². The SMILES string of the molecule is N=C(N)c1cccc(-c2cc3ccc(C(=N)N)cc3o2)c1. The molecule has 5 nitrogen and oxygen atoms in total. The molecular formula is C16H14N4O. The number of hydrogen-bond donors (Lipinski definition) is 4. The molecule has 0 aliphatic carbocycles. The van der Waals surface area contributed by atoms with Crippen molar-refractivity contribution < 1.29 is 4.42 Å². The van der Waals surface area contributed by atoms with E-state index in [1.807, 2.05) is 30.3 Å². The first-order chi connectivity index (χ1) is 10.0. The van der Waals surface area contributed by atoms with E-state index in [0.29, 0.717) is 22.5 Å². The molecule has 0 saturated heterocycles. The lowest BCUT2D eigenvalue weighted by atomic mass is 10.1. The van der Waals surface area contributed by atoms with E-state index in [1.165, 1.54) is 0 Å². The number of hydrogen-bond acceptors (Lipinski definition) is 3. The van der Waals surface area contributed by atoms with Gasteiger partial charge in [0.15, 0.2) is 0 Å². The molecule has 3 rings (SSSR count). The van der Waals surface area contributed by atoms with Crippen molar-refractivity contribution in [3.05, 3.63) is 59.7 Å². The zero-order valence-corrected chi connectivity index (χ0v) is 11.2. The summed E-state index contributed by atoms with van der Waals surface area (Å²) < 4.78 is 5.82. The number of amidine groups is 2. The van der Waals surface area contributed by atoms with Gasteiger partial charge in [-0.3, -0.25) is 10.8 Å². The summed E-state index contributed by atoms with van der Waals surface area (Å²) >= 11 is 0. The summed E-state index contributed by atoms with van der Waals surface area (Å²) in [5.74, 6) is 0.717. The van der Waals surface area contributed by atoms with Gasteiger partial charge in [-0.25, -0.2) is 0 Å². The molecule has 2 aromatic carbocycles. The topological polar surface area (TPSA) is 113 Å². The summed E-state index contributed by atoms with van der Waals surface area (Å²) in [7, 11) is 0. The third-order valence-corrected chi connectivity index (χ3v) is 3.29. The minimum atomic E-state index is 0.00780. The van der Waals surface area contributed by atoms with Crippen LogP contribution >= 0.6 is 0 Å². The molecule has 1 heterocycles. The predicted molar refractivity (Wildman–Crippen MR) is 83.7 cm³/mol. The van der Waals surface area contributed by atoms with E-state index in [4.69, 9.17) is 26.7 Å². The second-order valence-electron chi connectivity index (χ2n) is 4.77. The third-order valence-electron chi connectivity index (χ3n) is 3.29. The molecular weight excluding hydrogens is 264 g/mol. The van der Waals surface area contributed by atoms with Crippen LogP contribution in [-0.4, -0.2) is 11.7 Å². The molecule has 5 heteroatoms. The summed E-state index contributed by atoms with van der Waals surface area (Å²) in [6.07, 6.45) is 0. The fourth-order valence-corrected chi connectivity index (χ4v) is 2.18. The Kier molecular flexibility index (Phi) is 2.95. The molecule has 0 aliphatic heterocycles. The molecule has 0 atom stereocenters. The van der Waals surface area contributed by atoms with E-state index in [9.17, 15) is 0 Å². The average molecular weight is 278 g/mol. The van der Waals surface area contributed by atoms with Crippen molar-refractivity contribution in [3.8, 4) is 11.3 Å². The smallest absolute Gasteiger partial charge is 0.135 e. The van der Waals surface area contributed by atoms with Crippen LogP contribution in [0.3, 0.4) is 0 Å². The highest BCUT2D eigenvalue weighted by molar-refractivity contribution is 5.99. The molecule has 0 saturated carbocycles. The largest absolute Gasteiger partial charge is 0.456 e. The minimum absolute atomic E-state index is 0.00780. The van der Waals surface area contributed by atoms with E-state index >= 15 is 0 Å². The van der Waals surface area contributed by atoms with E-state index in [-0.39, 0.29) is 11.7 Å². The Morgan fingerprint density at radius 2 is 1.57 bits per heavy atom. The molecule has 0 unspecified atom stereocenters. The maximum absolute atomic E-state index is 7.49. The zero-order chi connectivity index (χ0) is 15.0. The fraction of sp³-hybridized carbons (Fsp3) is 0. The number of rotatable bonds is 3. The number of furan rings is 1. The summed E-state index contributed by atoms with van der Waals surface area (Å²) in [5.41, 5.74) is 13.8. The molecule has 0 fully saturated rings. The Bertz CT molecular complexity index is 864. The number of fused-ring (bicyclic) bond motifs is 1. The molecule has 0 spiro atoms. The molecule has 6 N–H and O–H groups in total. The average Bonchev–Trinajstić information content (AvgIpc) is 2.90. The van der Waals surface area contributed by atoms with Gasteiger partial charge in [-0.05, 0) is 18.2 Å². The molecule has 0 radical (unpaired) electrons. The van der Waals surface area contributed by atoms with Gasteiger partial charge in [0.2, 0.25) is 0 Å². The van der Waals surface area contributed by atoms with Crippen LogP contribution in [0.15, 0.2) is 52.9 Å². The van der Waals surface area contributed by atoms with Crippen LogP contribution in [0.4, 0.5) is 0 Å². The Morgan fingerprint density at radius 3 is 2.29 bits per heavy atom. The predicted octanol–water partition coefficient (Wildman–Crippen LogP) is 2.67. The van der Waals surface area contributed by atoms with Gasteiger partial charge in [0.1, 0.15) is 23.0 Å². The normalized spacial score (nSPS) is 10.7. The van der Waals surface area contributed by atoms with Gasteiger partial charge >= 0.3 is 0 Å². The number of benzene rings is 2. The van der Waals surface area contributed by atoms with Crippen LogP contribution in [0.1, 0.15) is 11.1 Å². The van der Waals surface area contributed by atoms with Crippen LogP contribution in [0.2, 0.25) is 0 Å². The zero-order valence-electron chi connectivity index (χ0n) is 11.2. The lowest BCUT2D eigenvalue weighted by Gasteiger charge is -2.01. The first kappa shape index (κ1) is 12.9. The van der Waals surface area contributed by atoms with E-state index < -0.39 is 0 Å². The van der Waals surface area contributed by atoms with E-state index in [2.05, 4.69) is 0 Å². The molecule has 21 heavy (non-hydrogen) atoms.